The molecule has 0 bridgehead atoms. The molecule has 4 aromatic carbocycles. The molecule has 0 N–H and O–H groups in total. The number of anilines is 2. The first-order valence-corrected chi connectivity index (χ1v) is 15.8. The van der Waals surface area contributed by atoms with E-state index in [9.17, 15) is 0 Å². The Kier molecular flexibility index (Phi) is 8.57. The molecule has 0 saturated carbocycles. The van der Waals surface area contributed by atoms with E-state index in [1.807, 2.05) is 24.4 Å². The van der Waals surface area contributed by atoms with Gasteiger partial charge in [0, 0.05) is 61.4 Å². The predicted molar refractivity (Wildman–Crippen MR) is 190 cm³/mol. The zero-order chi connectivity index (χ0) is 32.3. The summed E-state index contributed by atoms with van der Waals surface area (Å²) < 4.78 is 8.64. The van der Waals surface area contributed by atoms with Crippen LogP contribution in [0.2, 0.25) is 0 Å². The molecule has 0 fully saturated rings. The van der Waals surface area contributed by atoms with E-state index in [0.29, 0.717) is 11.5 Å². The van der Waals surface area contributed by atoms with Crippen molar-refractivity contribution in [2.24, 2.45) is 0 Å². The van der Waals surface area contributed by atoms with Crippen molar-refractivity contribution in [3.05, 3.63) is 138 Å². The number of benzene rings is 4. The first kappa shape index (κ1) is 32.6. The number of para-hydroxylation sites is 1. The number of ether oxygens (including phenoxy) is 1. The van der Waals surface area contributed by atoms with Crippen LogP contribution < -0.4 is 14.5 Å². The Morgan fingerprint density at radius 3 is 2.21 bits per heavy atom. The molecule has 0 unspecified atom stereocenters. The van der Waals surface area contributed by atoms with Crippen LogP contribution in [0, 0.1) is 39.6 Å². The fraction of sp³-hybridized carbons (Fsp3) is 0.220. The fourth-order valence-corrected chi connectivity index (χ4v) is 6.26. The Labute approximate surface area is 292 Å². The van der Waals surface area contributed by atoms with Gasteiger partial charge in [-0.15, -0.1) is 48.1 Å². The zero-order valence-corrected chi connectivity index (χ0v) is 30.4. The molecule has 3 heterocycles. The van der Waals surface area contributed by atoms with Crippen molar-refractivity contribution >= 4 is 33.2 Å². The summed E-state index contributed by atoms with van der Waals surface area (Å²) in [5, 5.41) is 2.26. The third-order valence-electron chi connectivity index (χ3n) is 9.18. The SMILES string of the molecule is CC1=C(C)N(c2cc(C)c(C)cc2C)[CH-]N1c1[c-]c(Oc2[c-]c3c(cc2)c2ccccc2n3-c2cc(C(C)(C)C)ccn2)ccc1.[Pt]. The van der Waals surface area contributed by atoms with Gasteiger partial charge in [0.15, 0.2) is 0 Å². The molecule has 1 aliphatic heterocycles. The van der Waals surface area contributed by atoms with Gasteiger partial charge >= 0.3 is 0 Å². The van der Waals surface area contributed by atoms with Crippen molar-refractivity contribution < 1.29 is 25.8 Å². The van der Waals surface area contributed by atoms with Crippen molar-refractivity contribution in [1.29, 1.82) is 0 Å². The van der Waals surface area contributed by atoms with Gasteiger partial charge in [0.1, 0.15) is 5.82 Å². The molecule has 5 nitrogen and oxygen atoms in total. The second kappa shape index (κ2) is 12.4. The van der Waals surface area contributed by atoms with Gasteiger partial charge in [0.05, 0.1) is 0 Å². The summed E-state index contributed by atoms with van der Waals surface area (Å²) in [6.45, 7) is 19.6. The Balaban J connectivity index is 0.00000386. The topological polar surface area (TPSA) is 33.5 Å². The quantitative estimate of drug-likeness (QED) is 0.163. The van der Waals surface area contributed by atoms with E-state index < -0.39 is 0 Å². The van der Waals surface area contributed by atoms with Crippen LogP contribution in [0.5, 0.6) is 11.5 Å². The third-order valence-corrected chi connectivity index (χ3v) is 9.18. The van der Waals surface area contributed by atoms with E-state index in [1.54, 1.807) is 0 Å². The van der Waals surface area contributed by atoms with E-state index >= 15 is 0 Å². The van der Waals surface area contributed by atoms with E-state index in [0.717, 1.165) is 39.0 Å². The van der Waals surface area contributed by atoms with Crippen LogP contribution >= 0.6 is 0 Å². The van der Waals surface area contributed by atoms with Crippen molar-refractivity contribution in [3.63, 3.8) is 0 Å². The van der Waals surface area contributed by atoms with Crippen LogP contribution in [-0.4, -0.2) is 9.55 Å². The number of hydrogen-bond donors (Lipinski definition) is 0. The van der Waals surface area contributed by atoms with Crippen LogP contribution in [0.25, 0.3) is 27.6 Å². The molecular weight excluding hydrogens is 760 g/mol. The summed E-state index contributed by atoms with van der Waals surface area (Å²) in [7, 11) is 0. The maximum atomic E-state index is 6.46. The van der Waals surface area contributed by atoms with Crippen molar-refractivity contribution in [2.75, 3.05) is 9.80 Å². The number of pyridine rings is 1. The Morgan fingerprint density at radius 1 is 0.702 bits per heavy atom. The minimum Gasteiger partial charge on any atom is -0.509 e. The van der Waals surface area contributed by atoms with Crippen LogP contribution in [0.3, 0.4) is 0 Å². The summed E-state index contributed by atoms with van der Waals surface area (Å²) in [5.74, 6) is 2.12. The number of aromatic nitrogens is 2. The normalized spacial score (nSPS) is 13.5. The van der Waals surface area contributed by atoms with Gasteiger partial charge in [-0.3, -0.25) is 0 Å². The van der Waals surface area contributed by atoms with Crippen LogP contribution in [0.1, 0.15) is 56.9 Å². The Hall–Kier alpha value is -4.34. The number of aryl methyl sites for hydroxylation is 3. The minimum atomic E-state index is 0. The zero-order valence-electron chi connectivity index (χ0n) is 28.2. The summed E-state index contributed by atoms with van der Waals surface area (Å²) in [5.41, 5.74) is 11.5. The van der Waals surface area contributed by atoms with Crippen molar-refractivity contribution in [3.8, 4) is 17.3 Å². The maximum Gasteiger partial charge on any atom is 0.135 e. The van der Waals surface area contributed by atoms with Crippen LogP contribution in [0.15, 0.2) is 96.5 Å². The second-order valence-corrected chi connectivity index (χ2v) is 13.3. The van der Waals surface area contributed by atoms with Gasteiger partial charge in [-0.2, -0.15) is 12.1 Å². The van der Waals surface area contributed by atoms with Gasteiger partial charge < -0.3 is 19.1 Å². The maximum absolute atomic E-state index is 6.46. The Bertz CT molecular complexity index is 2170. The molecule has 0 atom stereocenters. The Morgan fingerprint density at radius 2 is 1.43 bits per heavy atom. The van der Waals surface area contributed by atoms with Crippen molar-refractivity contribution in [2.45, 2.75) is 60.8 Å². The minimum absolute atomic E-state index is 0. The van der Waals surface area contributed by atoms with Crippen molar-refractivity contribution in [1.82, 2.24) is 9.55 Å². The summed E-state index contributed by atoms with van der Waals surface area (Å²) in [4.78, 5) is 9.24. The number of rotatable bonds is 5. The van der Waals surface area contributed by atoms with E-state index in [-0.39, 0.29) is 26.5 Å². The molecule has 0 spiro atoms. The molecule has 1 aliphatic rings. The van der Waals surface area contributed by atoms with E-state index in [1.165, 1.54) is 33.6 Å². The largest absolute Gasteiger partial charge is 0.509 e. The predicted octanol–water partition coefficient (Wildman–Crippen LogP) is 10.5. The molecule has 0 saturated heterocycles. The number of nitrogens with zero attached hydrogens (tertiary/aromatic N) is 4. The van der Waals surface area contributed by atoms with Gasteiger partial charge in [-0.25, -0.2) is 4.98 Å². The molecule has 0 aliphatic carbocycles. The van der Waals surface area contributed by atoms with Gasteiger partial charge in [0.2, 0.25) is 0 Å². The summed E-state index contributed by atoms with van der Waals surface area (Å²) in [6.07, 6.45) is 1.90. The molecular formula is C41H39N4OPt-3. The number of fused-ring (bicyclic) bond motifs is 3. The first-order valence-electron chi connectivity index (χ1n) is 15.8. The molecule has 242 valence electrons. The van der Waals surface area contributed by atoms with Crippen LogP contribution in [0.4, 0.5) is 11.4 Å². The summed E-state index contributed by atoms with van der Waals surface area (Å²) in [6, 6.07) is 34.5. The standard InChI is InChI=1S/C41H39N4O.Pt/c1-26-20-28(3)38(21-27(26)2)44-25-43(29(4)30(44)5)32-12-11-13-33(23-32)46-34-16-17-36-35-14-9-10-15-37(35)45(39(36)24-34)40-22-31(18-19-42-40)41(6,7)8;/h9-22,25H,1-8H3;/q-3;. The smallest absolute Gasteiger partial charge is 0.135 e. The molecule has 7 rings (SSSR count). The average molecular weight is 799 g/mol. The van der Waals surface area contributed by atoms with Gasteiger partial charge in [0.25, 0.3) is 0 Å². The van der Waals surface area contributed by atoms with E-state index in [2.05, 4.69) is 149 Å². The molecule has 2 aromatic heterocycles. The fourth-order valence-electron chi connectivity index (χ4n) is 6.26. The molecule has 6 aromatic rings. The molecule has 0 amide bonds. The van der Waals surface area contributed by atoms with Gasteiger partial charge in [-0.1, -0.05) is 50.6 Å². The first-order chi connectivity index (χ1) is 22.0. The van der Waals surface area contributed by atoms with Gasteiger partial charge in [-0.05, 0) is 91.9 Å². The van der Waals surface area contributed by atoms with Crippen LogP contribution in [-0.2, 0) is 26.5 Å². The second-order valence-electron chi connectivity index (χ2n) is 13.3. The molecule has 6 heteroatoms. The third kappa shape index (κ3) is 5.87. The number of allylic oxidation sites excluding steroid dienone is 2. The molecule has 0 radical (unpaired) electrons. The number of hydrogen-bond acceptors (Lipinski definition) is 4. The molecule has 47 heavy (non-hydrogen) atoms. The summed E-state index contributed by atoms with van der Waals surface area (Å²) >= 11 is 0. The monoisotopic (exact) mass is 798 g/mol. The average Bonchev–Trinajstić information content (AvgIpc) is 3.52. The van der Waals surface area contributed by atoms with E-state index in [4.69, 9.17) is 9.72 Å².